The Morgan fingerprint density at radius 2 is 2.05 bits per heavy atom. The highest BCUT2D eigenvalue weighted by molar-refractivity contribution is 6.31. The quantitative estimate of drug-likeness (QED) is 0.908. The van der Waals surface area contributed by atoms with Gasteiger partial charge in [-0.15, -0.1) is 0 Å². The Labute approximate surface area is 130 Å². The maximum Gasteiger partial charge on any atom is 0.309 e. The standard InChI is InChI=1S/C15H24ClN3O2/c1-4-5-15(14(20)21)6-8-19(9-7-15)10-12-13(16)11(2)17-18(12)3/h4-10H2,1-3H3,(H,20,21). The largest absolute Gasteiger partial charge is 0.481 e. The summed E-state index contributed by atoms with van der Waals surface area (Å²) in [4.78, 5) is 13.9. The molecular formula is C15H24ClN3O2. The summed E-state index contributed by atoms with van der Waals surface area (Å²) in [7, 11) is 1.90. The van der Waals surface area contributed by atoms with E-state index in [2.05, 4.69) is 16.9 Å². The highest BCUT2D eigenvalue weighted by atomic mass is 35.5. The molecule has 0 saturated carbocycles. The summed E-state index contributed by atoms with van der Waals surface area (Å²) in [5.74, 6) is -0.640. The molecule has 0 amide bonds. The maximum absolute atomic E-state index is 11.6. The first-order valence-corrected chi connectivity index (χ1v) is 7.91. The van der Waals surface area contributed by atoms with Gasteiger partial charge in [-0.25, -0.2) is 0 Å². The highest BCUT2D eigenvalue weighted by Crippen LogP contribution is 2.37. The number of aliphatic carboxylic acids is 1. The van der Waals surface area contributed by atoms with Crippen molar-refractivity contribution in [2.24, 2.45) is 12.5 Å². The van der Waals surface area contributed by atoms with E-state index in [-0.39, 0.29) is 0 Å². The average molecular weight is 314 g/mol. The molecule has 1 aliphatic heterocycles. The third-order valence-electron chi connectivity index (χ3n) is 4.63. The number of aromatic nitrogens is 2. The van der Waals surface area contributed by atoms with E-state index >= 15 is 0 Å². The van der Waals surface area contributed by atoms with Crippen LogP contribution in [0.4, 0.5) is 0 Å². The molecule has 118 valence electrons. The van der Waals surface area contributed by atoms with Gasteiger partial charge in [0.15, 0.2) is 0 Å². The van der Waals surface area contributed by atoms with Crippen LogP contribution in [0.25, 0.3) is 0 Å². The second-order valence-corrected chi connectivity index (χ2v) is 6.46. The average Bonchev–Trinajstić information content (AvgIpc) is 2.67. The van der Waals surface area contributed by atoms with Crippen LogP contribution in [0.5, 0.6) is 0 Å². The van der Waals surface area contributed by atoms with Crippen LogP contribution < -0.4 is 0 Å². The molecule has 0 bridgehead atoms. The molecule has 1 aliphatic rings. The van der Waals surface area contributed by atoms with E-state index < -0.39 is 11.4 Å². The minimum Gasteiger partial charge on any atom is -0.481 e. The predicted octanol–water partition coefficient (Wildman–Crippen LogP) is 2.85. The Morgan fingerprint density at radius 1 is 1.43 bits per heavy atom. The van der Waals surface area contributed by atoms with Gasteiger partial charge in [-0.1, -0.05) is 24.9 Å². The Bertz CT molecular complexity index is 519. The van der Waals surface area contributed by atoms with Gasteiger partial charge >= 0.3 is 5.97 Å². The lowest BCUT2D eigenvalue weighted by Crippen LogP contribution is -2.44. The van der Waals surface area contributed by atoms with E-state index in [1.54, 1.807) is 0 Å². The fraction of sp³-hybridized carbons (Fsp3) is 0.733. The fourth-order valence-electron chi connectivity index (χ4n) is 3.25. The number of aryl methyl sites for hydroxylation is 2. The molecule has 0 aliphatic carbocycles. The second-order valence-electron chi connectivity index (χ2n) is 6.08. The number of carboxylic acids is 1. The number of rotatable bonds is 5. The normalized spacial score (nSPS) is 18.9. The summed E-state index contributed by atoms with van der Waals surface area (Å²) < 4.78 is 1.82. The molecule has 0 unspecified atom stereocenters. The first kappa shape index (κ1) is 16.3. The zero-order valence-electron chi connectivity index (χ0n) is 13.0. The summed E-state index contributed by atoms with van der Waals surface area (Å²) in [6, 6.07) is 0. The maximum atomic E-state index is 11.6. The molecule has 1 saturated heterocycles. The Kier molecular flexibility index (Phi) is 4.94. The molecule has 1 N–H and O–H groups in total. The number of carbonyl (C=O) groups is 1. The van der Waals surface area contributed by atoms with Gasteiger partial charge in [-0.05, 0) is 39.3 Å². The zero-order chi connectivity index (χ0) is 15.6. The lowest BCUT2D eigenvalue weighted by atomic mass is 9.75. The lowest BCUT2D eigenvalue weighted by molar-refractivity contribution is -0.152. The number of hydrogen-bond donors (Lipinski definition) is 1. The van der Waals surface area contributed by atoms with E-state index in [9.17, 15) is 9.90 Å². The summed E-state index contributed by atoms with van der Waals surface area (Å²) >= 11 is 6.29. The monoisotopic (exact) mass is 313 g/mol. The van der Waals surface area contributed by atoms with Gasteiger partial charge in [0.05, 0.1) is 21.8 Å². The fourth-order valence-corrected chi connectivity index (χ4v) is 3.47. The molecule has 0 atom stereocenters. The van der Waals surface area contributed by atoms with Gasteiger partial charge in [0.1, 0.15) is 0 Å². The molecule has 1 aromatic rings. The molecule has 1 aromatic heterocycles. The number of halogens is 1. The second kappa shape index (κ2) is 6.36. The van der Waals surface area contributed by atoms with Crippen LogP contribution in [-0.2, 0) is 18.4 Å². The van der Waals surface area contributed by atoms with Crippen molar-refractivity contribution in [2.45, 2.75) is 46.1 Å². The van der Waals surface area contributed by atoms with Crippen LogP contribution in [0.3, 0.4) is 0 Å². The van der Waals surface area contributed by atoms with Crippen LogP contribution in [0.15, 0.2) is 0 Å². The molecular weight excluding hydrogens is 290 g/mol. The Hall–Kier alpha value is -1.07. The van der Waals surface area contributed by atoms with Crippen molar-refractivity contribution in [1.29, 1.82) is 0 Å². The molecule has 5 nitrogen and oxygen atoms in total. The van der Waals surface area contributed by atoms with Crippen molar-refractivity contribution in [1.82, 2.24) is 14.7 Å². The van der Waals surface area contributed by atoms with Crippen LogP contribution >= 0.6 is 11.6 Å². The molecule has 2 rings (SSSR count). The summed E-state index contributed by atoms with van der Waals surface area (Å²) in [6.45, 7) is 6.28. The van der Waals surface area contributed by atoms with Crippen molar-refractivity contribution in [3.8, 4) is 0 Å². The SMILES string of the molecule is CCCC1(C(=O)O)CCN(Cc2c(Cl)c(C)nn2C)CC1. The van der Waals surface area contributed by atoms with Crippen LogP contribution in [0.1, 0.15) is 44.0 Å². The van der Waals surface area contributed by atoms with Gasteiger partial charge < -0.3 is 5.11 Å². The van der Waals surface area contributed by atoms with Gasteiger partial charge in [0.25, 0.3) is 0 Å². The number of nitrogens with zero attached hydrogens (tertiary/aromatic N) is 3. The minimum atomic E-state index is -0.640. The number of hydrogen-bond acceptors (Lipinski definition) is 3. The molecule has 1 fully saturated rings. The summed E-state index contributed by atoms with van der Waals surface area (Å²) in [5, 5.41) is 14.6. The molecule has 6 heteroatoms. The Balaban J connectivity index is 2.02. The van der Waals surface area contributed by atoms with E-state index in [4.69, 9.17) is 11.6 Å². The third-order valence-corrected chi connectivity index (χ3v) is 5.12. The van der Waals surface area contributed by atoms with Crippen molar-refractivity contribution in [3.05, 3.63) is 16.4 Å². The molecule has 0 aromatic carbocycles. The van der Waals surface area contributed by atoms with E-state index in [0.717, 1.165) is 48.9 Å². The molecule has 0 radical (unpaired) electrons. The first-order valence-electron chi connectivity index (χ1n) is 7.53. The van der Waals surface area contributed by atoms with E-state index in [1.807, 2.05) is 18.7 Å². The number of piperidine rings is 1. The van der Waals surface area contributed by atoms with Crippen molar-refractivity contribution in [2.75, 3.05) is 13.1 Å². The smallest absolute Gasteiger partial charge is 0.309 e. The van der Waals surface area contributed by atoms with Gasteiger partial charge in [0.2, 0.25) is 0 Å². The third kappa shape index (κ3) is 3.24. The topological polar surface area (TPSA) is 58.4 Å². The van der Waals surface area contributed by atoms with Gasteiger partial charge in [0, 0.05) is 13.6 Å². The van der Waals surface area contributed by atoms with Crippen LogP contribution in [0, 0.1) is 12.3 Å². The van der Waals surface area contributed by atoms with Crippen LogP contribution in [-0.4, -0.2) is 38.8 Å². The van der Waals surface area contributed by atoms with Crippen molar-refractivity contribution >= 4 is 17.6 Å². The van der Waals surface area contributed by atoms with Gasteiger partial charge in [-0.3, -0.25) is 14.4 Å². The molecule has 0 spiro atoms. The van der Waals surface area contributed by atoms with Crippen molar-refractivity contribution < 1.29 is 9.90 Å². The summed E-state index contributed by atoms with van der Waals surface area (Å²) in [5.41, 5.74) is 1.32. The number of likely N-dealkylation sites (tertiary alicyclic amines) is 1. The minimum absolute atomic E-state index is 0.530. The predicted molar refractivity (Wildman–Crippen MR) is 82.4 cm³/mol. The number of carboxylic acid groups (broad SMARTS) is 1. The zero-order valence-corrected chi connectivity index (χ0v) is 13.8. The van der Waals surface area contributed by atoms with Crippen LogP contribution in [0.2, 0.25) is 5.02 Å². The first-order chi connectivity index (χ1) is 9.89. The molecule has 2 heterocycles. The molecule has 21 heavy (non-hydrogen) atoms. The highest BCUT2D eigenvalue weighted by Gasteiger charge is 2.40. The van der Waals surface area contributed by atoms with Gasteiger partial charge in [-0.2, -0.15) is 5.10 Å². The Morgan fingerprint density at radius 3 is 2.48 bits per heavy atom. The lowest BCUT2D eigenvalue weighted by Gasteiger charge is -2.38. The van der Waals surface area contributed by atoms with Crippen molar-refractivity contribution in [3.63, 3.8) is 0 Å². The van der Waals surface area contributed by atoms with E-state index in [0.29, 0.717) is 12.8 Å². The van der Waals surface area contributed by atoms with E-state index in [1.165, 1.54) is 0 Å². The summed E-state index contributed by atoms with van der Waals surface area (Å²) in [6.07, 6.45) is 3.11.